The van der Waals surface area contributed by atoms with Gasteiger partial charge < -0.3 is 19.9 Å². The molecule has 1 heterocycles. The number of nitrogens with zero attached hydrogens (tertiary/aromatic N) is 4. The van der Waals surface area contributed by atoms with Crippen LogP contribution in [0.25, 0.3) is 0 Å². The first kappa shape index (κ1) is 17.8. The first-order chi connectivity index (χ1) is 11.6. The molecule has 0 saturated heterocycles. The number of rotatable bonds is 7. The molecular formula is C17H26N6O. The van der Waals surface area contributed by atoms with Crippen LogP contribution < -0.4 is 15.4 Å². The van der Waals surface area contributed by atoms with Crippen LogP contribution in [0.3, 0.4) is 0 Å². The Morgan fingerprint density at radius 2 is 2.08 bits per heavy atom. The van der Waals surface area contributed by atoms with Crippen LogP contribution in [-0.4, -0.2) is 34.4 Å². The van der Waals surface area contributed by atoms with Crippen LogP contribution in [-0.2, 0) is 20.1 Å². The summed E-state index contributed by atoms with van der Waals surface area (Å²) in [6.45, 7) is 6.08. The van der Waals surface area contributed by atoms with E-state index in [0.29, 0.717) is 19.0 Å². The third kappa shape index (κ3) is 4.97. The van der Waals surface area contributed by atoms with Crippen molar-refractivity contribution in [3.63, 3.8) is 0 Å². The fourth-order valence-electron chi connectivity index (χ4n) is 2.18. The van der Waals surface area contributed by atoms with Gasteiger partial charge in [0.15, 0.2) is 11.8 Å². The highest BCUT2D eigenvalue weighted by Gasteiger charge is 2.07. The van der Waals surface area contributed by atoms with E-state index in [2.05, 4.69) is 57.9 Å². The van der Waals surface area contributed by atoms with Gasteiger partial charge in [0.25, 0.3) is 0 Å². The number of aryl methyl sites for hydroxylation is 2. The first-order valence-electron chi connectivity index (χ1n) is 8.13. The Hall–Kier alpha value is -2.57. The zero-order valence-corrected chi connectivity index (χ0v) is 14.8. The minimum atomic E-state index is 0.559. The zero-order chi connectivity index (χ0) is 17.4. The summed E-state index contributed by atoms with van der Waals surface area (Å²) in [5.74, 6) is 2.48. The Labute approximate surface area is 143 Å². The van der Waals surface area contributed by atoms with E-state index >= 15 is 0 Å². The van der Waals surface area contributed by atoms with Gasteiger partial charge >= 0.3 is 0 Å². The lowest BCUT2D eigenvalue weighted by Gasteiger charge is -2.15. The van der Waals surface area contributed by atoms with Gasteiger partial charge in [0.1, 0.15) is 12.1 Å². The summed E-state index contributed by atoms with van der Waals surface area (Å²) in [5, 5.41) is 14.4. The summed E-state index contributed by atoms with van der Waals surface area (Å²) in [7, 11) is 3.66. The molecule has 1 aromatic carbocycles. The molecule has 2 N–H and O–H groups in total. The third-order valence-corrected chi connectivity index (χ3v) is 3.57. The largest absolute Gasteiger partial charge is 0.493 e. The number of aromatic nitrogens is 3. The fraction of sp³-hybridized carbons (Fsp3) is 0.471. The van der Waals surface area contributed by atoms with E-state index < -0.39 is 0 Å². The highest BCUT2D eigenvalue weighted by atomic mass is 16.5. The predicted molar refractivity (Wildman–Crippen MR) is 95.0 cm³/mol. The van der Waals surface area contributed by atoms with Crippen LogP contribution in [0.15, 0.2) is 29.5 Å². The minimum Gasteiger partial charge on any atom is -0.493 e. The van der Waals surface area contributed by atoms with E-state index in [0.717, 1.165) is 30.2 Å². The number of ether oxygens (including phenoxy) is 1. The summed E-state index contributed by atoms with van der Waals surface area (Å²) >= 11 is 0. The molecule has 0 radical (unpaired) electrons. The Balaban J connectivity index is 1.94. The third-order valence-electron chi connectivity index (χ3n) is 3.57. The summed E-state index contributed by atoms with van der Waals surface area (Å²) < 4.78 is 7.72. The van der Waals surface area contributed by atoms with E-state index in [1.807, 2.05) is 11.6 Å². The molecule has 0 unspecified atom stereocenters. The molecule has 0 aliphatic heterocycles. The molecular weight excluding hydrogens is 304 g/mol. The molecule has 0 atom stereocenters. The van der Waals surface area contributed by atoms with Gasteiger partial charge in [-0.05, 0) is 25.0 Å². The van der Waals surface area contributed by atoms with Gasteiger partial charge in [0.05, 0.1) is 13.2 Å². The number of guanidine groups is 1. The molecule has 2 rings (SSSR count). The number of benzene rings is 1. The van der Waals surface area contributed by atoms with Crippen molar-refractivity contribution in [3.8, 4) is 5.75 Å². The predicted octanol–water partition coefficient (Wildman–Crippen LogP) is 1.78. The van der Waals surface area contributed by atoms with E-state index in [-0.39, 0.29) is 0 Å². The molecule has 7 heteroatoms. The standard InChI is InChI=1S/C17H26N6O/c1-5-8-24-15-9-13(2)6-7-14(15)10-19-17(18-3)20-11-16-22-21-12-23(16)4/h6-7,9,12H,5,8,10-11H2,1-4H3,(H2,18,19,20). The second-order valence-corrected chi connectivity index (χ2v) is 5.60. The number of aliphatic imine (C=N–C) groups is 1. The van der Waals surface area contributed by atoms with E-state index in [9.17, 15) is 0 Å². The van der Waals surface area contributed by atoms with Gasteiger partial charge in [0.2, 0.25) is 0 Å². The topological polar surface area (TPSA) is 76.4 Å². The molecule has 0 amide bonds. The van der Waals surface area contributed by atoms with Crippen LogP contribution >= 0.6 is 0 Å². The van der Waals surface area contributed by atoms with Gasteiger partial charge in [-0.3, -0.25) is 4.99 Å². The van der Waals surface area contributed by atoms with Crippen molar-refractivity contribution in [2.45, 2.75) is 33.4 Å². The van der Waals surface area contributed by atoms with Crippen molar-refractivity contribution in [1.29, 1.82) is 0 Å². The van der Waals surface area contributed by atoms with Gasteiger partial charge in [-0.15, -0.1) is 10.2 Å². The van der Waals surface area contributed by atoms with E-state index in [1.165, 1.54) is 5.56 Å². The molecule has 0 aliphatic rings. The molecule has 24 heavy (non-hydrogen) atoms. The van der Waals surface area contributed by atoms with E-state index in [1.54, 1.807) is 13.4 Å². The summed E-state index contributed by atoms with van der Waals surface area (Å²) in [6, 6.07) is 6.25. The maximum atomic E-state index is 5.85. The fourth-order valence-corrected chi connectivity index (χ4v) is 2.18. The number of nitrogens with one attached hydrogen (secondary N) is 2. The number of hydrogen-bond acceptors (Lipinski definition) is 4. The average molecular weight is 330 g/mol. The Morgan fingerprint density at radius 1 is 1.29 bits per heavy atom. The van der Waals surface area contributed by atoms with Crippen molar-refractivity contribution < 1.29 is 4.74 Å². The quantitative estimate of drug-likeness (QED) is 0.598. The first-order valence-corrected chi connectivity index (χ1v) is 8.13. The molecule has 0 bridgehead atoms. The Bertz CT molecular complexity index is 679. The SMILES string of the molecule is CCCOc1cc(C)ccc1CNC(=NC)NCc1nncn1C. The second kappa shape index (κ2) is 8.90. The van der Waals surface area contributed by atoms with Crippen LogP contribution in [0, 0.1) is 6.92 Å². The summed E-state index contributed by atoms with van der Waals surface area (Å²) in [6.07, 6.45) is 2.67. The van der Waals surface area contributed by atoms with Gasteiger partial charge in [-0.1, -0.05) is 19.1 Å². The van der Waals surface area contributed by atoms with Crippen molar-refractivity contribution in [2.75, 3.05) is 13.7 Å². The molecule has 7 nitrogen and oxygen atoms in total. The lowest BCUT2D eigenvalue weighted by atomic mass is 10.1. The Morgan fingerprint density at radius 3 is 2.75 bits per heavy atom. The molecule has 1 aromatic heterocycles. The smallest absolute Gasteiger partial charge is 0.191 e. The monoisotopic (exact) mass is 330 g/mol. The molecule has 0 fully saturated rings. The molecule has 130 valence electrons. The van der Waals surface area contributed by atoms with Gasteiger partial charge in [0, 0.05) is 26.2 Å². The van der Waals surface area contributed by atoms with Crippen LogP contribution in [0.2, 0.25) is 0 Å². The molecule has 0 aliphatic carbocycles. The van der Waals surface area contributed by atoms with Crippen molar-refractivity contribution >= 4 is 5.96 Å². The molecule has 0 spiro atoms. The lowest BCUT2D eigenvalue weighted by Crippen LogP contribution is -2.37. The van der Waals surface area contributed by atoms with Crippen LogP contribution in [0.1, 0.15) is 30.3 Å². The molecule has 0 saturated carbocycles. The Kier molecular flexibility index (Phi) is 6.60. The van der Waals surface area contributed by atoms with Crippen LogP contribution in [0.4, 0.5) is 0 Å². The number of hydrogen-bond donors (Lipinski definition) is 2. The summed E-state index contributed by atoms with van der Waals surface area (Å²) in [5.41, 5.74) is 2.30. The van der Waals surface area contributed by atoms with Crippen molar-refractivity contribution in [1.82, 2.24) is 25.4 Å². The zero-order valence-electron chi connectivity index (χ0n) is 14.8. The van der Waals surface area contributed by atoms with Crippen molar-refractivity contribution in [2.24, 2.45) is 12.0 Å². The minimum absolute atomic E-state index is 0.559. The van der Waals surface area contributed by atoms with Crippen molar-refractivity contribution in [3.05, 3.63) is 41.5 Å². The second-order valence-electron chi connectivity index (χ2n) is 5.60. The van der Waals surface area contributed by atoms with E-state index in [4.69, 9.17) is 4.74 Å². The maximum Gasteiger partial charge on any atom is 0.191 e. The highest BCUT2D eigenvalue weighted by Crippen LogP contribution is 2.20. The lowest BCUT2D eigenvalue weighted by molar-refractivity contribution is 0.313. The molecule has 2 aromatic rings. The van der Waals surface area contributed by atoms with Crippen LogP contribution in [0.5, 0.6) is 5.75 Å². The van der Waals surface area contributed by atoms with Gasteiger partial charge in [-0.2, -0.15) is 0 Å². The maximum absolute atomic E-state index is 5.85. The average Bonchev–Trinajstić information content (AvgIpc) is 2.99. The highest BCUT2D eigenvalue weighted by molar-refractivity contribution is 5.79. The van der Waals surface area contributed by atoms with Gasteiger partial charge in [-0.25, -0.2) is 0 Å². The normalized spacial score (nSPS) is 11.4. The summed E-state index contributed by atoms with van der Waals surface area (Å²) in [4.78, 5) is 4.24.